The minimum atomic E-state index is -0.662. The van der Waals surface area contributed by atoms with Crippen LogP contribution in [0, 0.1) is 13.8 Å². The minimum absolute atomic E-state index is 0.133. The second-order valence-electron chi connectivity index (χ2n) is 4.27. The van der Waals surface area contributed by atoms with Crippen LogP contribution in [0.3, 0.4) is 0 Å². The van der Waals surface area contributed by atoms with Crippen molar-refractivity contribution in [3.63, 3.8) is 0 Å². The van der Waals surface area contributed by atoms with E-state index >= 15 is 0 Å². The van der Waals surface area contributed by atoms with Crippen molar-refractivity contribution in [2.45, 2.75) is 39.3 Å². The number of carbonyl (C=O) groups excluding carboxylic acids is 1. The molecule has 6 heteroatoms. The number of rotatable bonds is 6. The van der Waals surface area contributed by atoms with E-state index in [-0.39, 0.29) is 18.6 Å². The van der Waals surface area contributed by atoms with Gasteiger partial charge in [0.2, 0.25) is 5.91 Å². The van der Waals surface area contributed by atoms with Crippen molar-refractivity contribution in [2.75, 3.05) is 13.7 Å². The molecule has 1 aromatic heterocycles. The topological polar surface area (TPSA) is 90.4 Å². The van der Waals surface area contributed by atoms with Gasteiger partial charge in [0.05, 0.1) is 18.3 Å². The zero-order valence-corrected chi connectivity index (χ0v) is 11.3. The molecule has 18 heavy (non-hydrogen) atoms. The number of hydrogen-bond acceptors (Lipinski definition) is 5. The van der Waals surface area contributed by atoms with Gasteiger partial charge < -0.3 is 20.3 Å². The van der Waals surface area contributed by atoms with Crippen LogP contribution in [0.5, 0.6) is 0 Å². The Kier molecular flexibility index (Phi) is 5.30. The molecule has 0 radical (unpaired) electrons. The average Bonchev–Trinajstić information content (AvgIpc) is 2.66. The number of nitrogens with zero attached hydrogens (tertiary/aromatic N) is 1. The highest BCUT2D eigenvalue weighted by molar-refractivity contribution is 5.82. The van der Waals surface area contributed by atoms with Crippen molar-refractivity contribution in [3.8, 4) is 0 Å². The van der Waals surface area contributed by atoms with E-state index in [9.17, 15) is 4.79 Å². The predicted octanol–water partition coefficient (Wildman–Crippen LogP) is 0.832. The standard InChI is InChI=1S/C12H21N3O3/c1-5-10(11-7(2)15-18-8(11)3)14-12(16)9(13)6-17-4/h9-10H,5-6,13H2,1-4H3,(H,14,16). The summed E-state index contributed by atoms with van der Waals surface area (Å²) in [5, 5.41) is 6.78. The fourth-order valence-corrected chi connectivity index (χ4v) is 1.90. The first-order valence-corrected chi connectivity index (χ1v) is 5.98. The van der Waals surface area contributed by atoms with Gasteiger partial charge in [0.1, 0.15) is 11.8 Å². The van der Waals surface area contributed by atoms with E-state index in [1.165, 1.54) is 7.11 Å². The summed E-state index contributed by atoms with van der Waals surface area (Å²) in [7, 11) is 1.51. The molecule has 6 nitrogen and oxygen atoms in total. The lowest BCUT2D eigenvalue weighted by Gasteiger charge is -2.19. The first kappa shape index (κ1) is 14.7. The Balaban J connectivity index is 2.77. The monoisotopic (exact) mass is 255 g/mol. The number of ether oxygens (including phenoxy) is 1. The third-order valence-corrected chi connectivity index (χ3v) is 2.84. The molecule has 0 aliphatic rings. The van der Waals surface area contributed by atoms with E-state index in [0.29, 0.717) is 0 Å². The molecule has 1 rings (SSSR count). The largest absolute Gasteiger partial charge is 0.383 e. The van der Waals surface area contributed by atoms with Gasteiger partial charge in [-0.15, -0.1) is 0 Å². The van der Waals surface area contributed by atoms with Crippen LogP contribution in [0.4, 0.5) is 0 Å². The minimum Gasteiger partial charge on any atom is -0.383 e. The third-order valence-electron chi connectivity index (χ3n) is 2.84. The van der Waals surface area contributed by atoms with Gasteiger partial charge >= 0.3 is 0 Å². The lowest BCUT2D eigenvalue weighted by Crippen LogP contribution is -2.44. The number of aromatic nitrogens is 1. The van der Waals surface area contributed by atoms with Gasteiger partial charge in [0.25, 0.3) is 0 Å². The molecule has 0 aliphatic carbocycles. The molecule has 0 fully saturated rings. The highest BCUT2D eigenvalue weighted by Crippen LogP contribution is 2.23. The number of aryl methyl sites for hydroxylation is 2. The number of nitrogens with two attached hydrogens (primary N) is 1. The molecular formula is C12H21N3O3. The molecule has 1 aromatic rings. The highest BCUT2D eigenvalue weighted by atomic mass is 16.5. The summed E-state index contributed by atoms with van der Waals surface area (Å²) < 4.78 is 9.97. The Morgan fingerprint density at radius 2 is 2.22 bits per heavy atom. The van der Waals surface area contributed by atoms with Crippen molar-refractivity contribution in [3.05, 3.63) is 17.0 Å². The van der Waals surface area contributed by atoms with Crippen LogP contribution in [-0.4, -0.2) is 30.8 Å². The van der Waals surface area contributed by atoms with E-state index in [0.717, 1.165) is 23.4 Å². The number of amides is 1. The molecule has 0 spiro atoms. The van der Waals surface area contributed by atoms with Crippen LogP contribution in [0.15, 0.2) is 4.52 Å². The molecule has 0 saturated carbocycles. The summed E-state index contributed by atoms with van der Waals surface area (Å²) >= 11 is 0. The van der Waals surface area contributed by atoms with Gasteiger partial charge in [-0.3, -0.25) is 4.79 Å². The lowest BCUT2D eigenvalue weighted by molar-refractivity contribution is -0.124. The molecule has 3 N–H and O–H groups in total. The summed E-state index contributed by atoms with van der Waals surface area (Å²) in [5.74, 6) is 0.490. The zero-order valence-electron chi connectivity index (χ0n) is 11.3. The smallest absolute Gasteiger partial charge is 0.239 e. The highest BCUT2D eigenvalue weighted by Gasteiger charge is 2.23. The van der Waals surface area contributed by atoms with Gasteiger partial charge in [-0.05, 0) is 20.3 Å². The zero-order chi connectivity index (χ0) is 13.7. The van der Waals surface area contributed by atoms with E-state index in [2.05, 4.69) is 10.5 Å². The molecule has 1 heterocycles. The van der Waals surface area contributed by atoms with Crippen LogP contribution in [0.25, 0.3) is 0 Å². The van der Waals surface area contributed by atoms with Crippen LogP contribution < -0.4 is 11.1 Å². The van der Waals surface area contributed by atoms with Crippen molar-refractivity contribution < 1.29 is 14.1 Å². The number of nitrogens with one attached hydrogen (secondary N) is 1. The van der Waals surface area contributed by atoms with E-state index in [1.807, 2.05) is 20.8 Å². The van der Waals surface area contributed by atoms with Crippen LogP contribution in [0.2, 0.25) is 0 Å². The van der Waals surface area contributed by atoms with Crippen molar-refractivity contribution in [1.29, 1.82) is 0 Å². The molecule has 2 unspecified atom stereocenters. The SMILES string of the molecule is CCC(NC(=O)C(N)COC)c1c(C)noc1C. The predicted molar refractivity (Wildman–Crippen MR) is 67.0 cm³/mol. The Morgan fingerprint density at radius 3 is 2.67 bits per heavy atom. The molecule has 1 amide bonds. The van der Waals surface area contributed by atoms with Crippen molar-refractivity contribution in [2.24, 2.45) is 5.73 Å². The van der Waals surface area contributed by atoms with Gasteiger partial charge in [0.15, 0.2) is 0 Å². The van der Waals surface area contributed by atoms with Crippen LogP contribution in [-0.2, 0) is 9.53 Å². The molecule has 0 aliphatic heterocycles. The number of carbonyl (C=O) groups is 1. The summed E-state index contributed by atoms with van der Waals surface area (Å²) in [4.78, 5) is 11.9. The summed E-state index contributed by atoms with van der Waals surface area (Å²) in [5.41, 5.74) is 7.40. The Bertz CT molecular complexity index is 384. The molecule has 102 valence electrons. The third kappa shape index (κ3) is 3.30. The van der Waals surface area contributed by atoms with Gasteiger partial charge in [0, 0.05) is 12.7 Å². The van der Waals surface area contributed by atoms with E-state index < -0.39 is 6.04 Å². The lowest BCUT2D eigenvalue weighted by atomic mass is 10.0. The quantitative estimate of drug-likeness (QED) is 0.785. The summed E-state index contributed by atoms with van der Waals surface area (Å²) in [6.07, 6.45) is 0.744. The second kappa shape index (κ2) is 6.51. The Morgan fingerprint density at radius 1 is 1.56 bits per heavy atom. The van der Waals surface area contributed by atoms with E-state index in [1.54, 1.807) is 0 Å². The fraction of sp³-hybridized carbons (Fsp3) is 0.667. The first-order valence-electron chi connectivity index (χ1n) is 5.98. The molecule has 2 atom stereocenters. The van der Waals surface area contributed by atoms with Crippen LogP contribution in [0.1, 0.15) is 36.4 Å². The second-order valence-corrected chi connectivity index (χ2v) is 4.27. The number of methoxy groups -OCH3 is 1. The summed E-state index contributed by atoms with van der Waals surface area (Å²) in [6.45, 7) is 5.87. The van der Waals surface area contributed by atoms with Gasteiger partial charge in [-0.2, -0.15) is 0 Å². The van der Waals surface area contributed by atoms with E-state index in [4.69, 9.17) is 15.0 Å². The maximum absolute atomic E-state index is 11.9. The van der Waals surface area contributed by atoms with Gasteiger partial charge in [-0.25, -0.2) is 0 Å². The molecule has 0 bridgehead atoms. The maximum Gasteiger partial charge on any atom is 0.239 e. The Hall–Kier alpha value is -1.40. The molecule has 0 aromatic carbocycles. The Labute approximate surface area is 107 Å². The average molecular weight is 255 g/mol. The molecular weight excluding hydrogens is 234 g/mol. The van der Waals surface area contributed by atoms with Crippen molar-refractivity contribution in [1.82, 2.24) is 10.5 Å². The first-order chi connectivity index (χ1) is 8.51. The van der Waals surface area contributed by atoms with Gasteiger partial charge in [-0.1, -0.05) is 12.1 Å². The fourth-order valence-electron chi connectivity index (χ4n) is 1.90. The molecule has 0 saturated heterocycles. The number of hydrogen-bond donors (Lipinski definition) is 2. The summed E-state index contributed by atoms with van der Waals surface area (Å²) in [6, 6.07) is -0.795. The normalized spacial score (nSPS) is 14.3. The maximum atomic E-state index is 11.9. The van der Waals surface area contributed by atoms with Crippen LogP contribution >= 0.6 is 0 Å². The van der Waals surface area contributed by atoms with Crippen molar-refractivity contribution >= 4 is 5.91 Å².